The minimum Gasteiger partial charge on any atom is -0.486 e. The molecule has 7 heteroatoms. The molecule has 4 saturated carbocycles. The highest BCUT2D eigenvalue weighted by Gasteiger charge is 2.68. The molecular formula is C21H21ClFN3O2. The van der Waals surface area contributed by atoms with Gasteiger partial charge in [-0.1, -0.05) is 11.6 Å². The number of Topliss-reactive ketones (excluding diaryl/α,β-unsaturated/α-hetero) is 1. The molecule has 28 heavy (non-hydrogen) atoms. The fourth-order valence-corrected chi connectivity index (χ4v) is 4.92. The average Bonchev–Trinajstić information content (AvgIpc) is 3.45. The number of benzene rings is 1. The summed E-state index contributed by atoms with van der Waals surface area (Å²) in [7, 11) is 0. The number of ketones is 1. The number of halogens is 2. The van der Waals surface area contributed by atoms with Gasteiger partial charge in [0.25, 0.3) is 0 Å². The summed E-state index contributed by atoms with van der Waals surface area (Å²) in [4.78, 5) is 21.3. The summed E-state index contributed by atoms with van der Waals surface area (Å²) in [5.41, 5.74) is 1.23. The lowest BCUT2D eigenvalue weighted by molar-refractivity contribution is -0.147. The van der Waals surface area contributed by atoms with E-state index in [0.29, 0.717) is 18.1 Å². The van der Waals surface area contributed by atoms with Crippen molar-refractivity contribution in [3.05, 3.63) is 47.1 Å². The molecular weight excluding hydrogens is 381 g/mol. The van der Waals surface area contributed by atoms with Crippen molar-refractivity contribution < 1.29 is 13.9 Å². The van der Waals surface area contributed by atoms with Gasteiger partial charge in [-0.25, -0.2) is 9.37 Å². The Labute approximate surface area is 167 Å². The number of carbonyl (C=O) groups is 1. The number of aromatic nitrogens is 2. The Hall–Kier alpha value is -2.21. The Morgan fingerprint density at radius 2 is 2.07 bits per heavy atom. The van der Waals surface area contributed by atoms with E-state index in [1.54, 1.807) is 12.3 Å². The lowest BCUT2D eigenvalue weighted by atomic mass is 9.38. The summed E-state index contributed by atoms with van der Waals surface area (Å²) >= 11 is 5.65. The molecule has 1 aromatic heterocycles. The van der Waals surface area contributed by atoms with Gasteiger partial charge in [0.1, 0.15) is 24.0 Å². The summed E-state index contributed by atoms with van der Waals surface area (Å²) < 4.78 is 18.8. The van der Waals surface area contributed by atoms with Gasteiger partial charge in [0.05, 0.1) is 16.9 Å². The molecule has 0 unspecified atom stereocenters. The van der Waals surface area contributed by atoms with Crippen LogP contribution in [0.3, 0.4) is 0 Å². The van der Waals surface area contributed by atoms with Gasteiger partial charge in [0, 0.05) is 30.1 Å². The number of carbonyl (C=O) groups excluding carboxylic acids is 1. The van der Waals surface area contributed by atoms with E-state index in [2.05, 4.69) is 15.3 Å². The van der Waals surface area contributed by atoms with Crippen LogP contribution in [0.2, 0.25) is 5.02 Å². The van der Waals surface area contributed by atoms with Gasteiger partial charge in [-0.15, -0.1) is 0 Å². The summed E-state index contributed by atoms with van der Waals surface area (Å²) in [6, 6.07) is 4.19. The van der Waals surface area contributed by atoms with E-state index < -0.39 is 5.82 Å². The predicted molar refractivity (Wildman–Crippen MR) is 103 cm³/mol. The second-order valence-corrected chi connectivity index (χ2v) is 9.03. The van der Waals surface area contributed by atoms with Crippen LogP contribution in [0, 0.1) is 11.2 Å². The van der Waals surface area contributed by atoms with Crippen LogP contribution in [0.15, 0.2) is 30.6 Å². The van der Waals surface area contributed by atoms with Crippen molar-refractivity contribution in [3.63, 3.8) is 0 Å². The molecule has 4 fully saturated rings. The molecule has 0 spiro atoms. The Balaban J connectivity index is 1.10. The standard InChI is InChI=1S/C21H21ClFN3O2/c22-16-4-3-15(5-17(16)23)28-9-14(27)6-20-10-21(11-20,12-20)26-19-8-24-7-18(25-19)13-1-2-13/h3-5,7-8,13H,1-2,6,9-12H2,(H,25,26). The van der Waals surface area contributed by atoms with Gasteiger partial charge in [0.2, 0.25) is 0 Å². The number of rotatable bonds is 8. The first-order valence-corrected chi connectivity index (χ1v) is 10.0. The van der Waals surface area contributed by atoms with Crippen molar-refractivity contribution in [1.82, 2.24) is 9.97 Å². The van der Waals surface area contributed by atoms with Crippen LogP contribution in [0.1, 0.15) is 50.1 Å². The molecule has 0 atom stereocenters. The lowest BCUT2D eigenvalue weighted by Gasteiger charge is -2.70. The number of nitrogens with one attached hydrogen (secondary N) is 1. The minimum absolute atomic E-state index is 0.0395. The number of anilines is 1. The highest BCUT2D eigenvalue weighted by atomic mass is 35.5. The maximum atomic E-state index is 13.4. The van der Waals surface area contributed by atoms with E-state index in [1.165, 1.54) is 25.0 Å². The third-order valence-corrected chi connectivity index (χ3v) is 6.35. The molecule has 1 N–H and O–H groups in total. The molecule has 5 nitrogen and oxygen atoms in total. The first-order chi connectivity index (χ1) is 13.4. The molecule has 146 valence electrons. The normalized spacial score (nSPS) is 27.5. The number of hydrogen-bond donors (Lipinski definition) is 1. The Morgan fingerprint density at radius 1 is 1.29 bits per heavy atom. The second kappa shape index (κ2) is 6.41. The molecule has 0 aliphatic heterocycles. The fraction of sp³-hybridized carbons (Fsp3) is 0.476. The summed E-state index contributed by atoms with van der Waals surface area (Å²) in [5.74, 6) is 1.24. The number of ether oxygens (including phenoxy) is 1. The monoisotopic (exact) mass is 401 g/mol. The van der Waals surface area contributed by atoms with E-state index >= 15 is 0 Å². The third kappa shape index (κ3) is 3.34. The Kier molecular flexibility index (Phi) is 4.09. The Bertz CT molecular complexity index is 927. The van der Waals surface area contributed by atoms with Crippen molar-refractivity contribution in [2.45, 2.75) is 50.0 Å². The zero-order valence-electron chi connectivity index (χ0n) is 15.4. The van der Waals surface area contributed by atoms with E-state index in [4.69, 9.17) is 16.3 Å². The first kappa shape index (κ1) is 17.9. The average molecular weight is 402 g/mol. The molecule has 2 bridgehead atoms. The van der Waals surface area contributed by atoms with E-state index in [9.17, 15) is 9.18 Å². The molecule has 1 heterocycles. The van der Waals surface area contributed by atoms with Gasteiger partial charge in [0.15, 0.2) is 5.78 Å². The fourth-order valence-electron chi connectivity index (χ4n) is 4.81. The summed E-state index contributed by atoms with van der Waals surface area (Å²) in [6.07, 6.45) is 9.46. The highest BCUT2D eigenvalue weighted by Crippen LogP contribution is 2.70. The lowest BCUT2D eigenvalue weighted by Crippen LogP contribution is -2.71. The SMILES string of the molecule is O=C(COc1ccc(Cl)c(F)c1)CC12CC(Nc3cncc(C4CC4)n3)(C1)C2. The smallest absolute Gasteiger partial charge is 0.170 e. The highest BCUT2D eigenvalue weighted by molar-refractivity contribution is 6.30. The van der Waals surface area contributed by atoms with Crippen LogP contribution in [0.25, 0.3) is 0 Å². The molecule has 0 radical (unpaired) electrons. The molecule has 0 saturated heterocycles. The zero-order chi connectivity index (χ0) is 19.4. The molecule has 2 aromatic rings. The molecule has 4 aliphatic carbocycles. The van der Waals surface area contributed by atoms with Crippen LogP contribution in [0.5, 0.6) is 5.75 Å². The first-order valence-electron chi connectivity index (χ1n) is 9.64. The topological polar surface area (TPSA) is 64.1 Å². The zero-order valence-corrected chi connectivity index (χ0v) is 16.1. The van der Waals surface area contributed by atoms with Crippen molar-refractivity contribution in [2.24, 2.45) is 5.41 Å². The quantitative estimate of drug-likeness (QED) is 0.704. The van der Waals surface area contributed by atoms with Crippen LogP contribution >= 0.6 is 11.6 Å². The number of nitrogens with zero attached hydrogens (tertiary/aromatic N) is 2. The van der Waals surface area contributed by atoms with Gasteiger partial charge in [-0.3, -0.25) is 9.78 Å². The molecule has 0 amide bonds. The Morgan fingerprint density at radius 3 is 2.79 bits per heavy atom. The maximum Gasteiger partial charge on any atom is 0.170 e. The van der Waals surface area contributed by atoms with Gasteiger partial charge in [-0.05, 0) is 49.7 Å². The van der Waals surface area contributed by atoms with Gasteiger partial charge >= 0.3 is 0 Å². The third-order valence-electron chi connectivity index (χ3n) is 6.05. The molecule has 4 aliphatic rings. The van der Waals surface area contributed by atoms with Crippen LogP contribution in [-0.2, 0) is 4.79 Å². The maximum absolute atomic E-state index is 13.4. The van der Waals surface area contributed by atoms with E-state index in [-0.39, 0.29) is 28.4 Å². The largest absolute Gasteiger partial charge is 0.486 e. The number of hydrogen-bond acceptors (Lipinski definition) is 5. The molecule has 1 aromatic carbocycles. The minimum atomic E-state index is -0.548. The van der Waals surface area contributed by atoms with Crippen molar-refractivity contribution in [1.29, 1.82) is 0 Å². The van der Waals surface area contributed by atoms with E-state index in [0.717, 1.165) is 30.8 Å². The summed E-state index contributed by atoms with van der Waals surface area (Å²) in [6.45, 7) is -0.0435. The summed E-state index contributed by atoms with van der Waals surface area (Å²) in [5, 5.41) is 3.58. The van der Waals surface area contributed by atoms with Crippen LogP contribution < -0.4 is 10.1 Å². The van der Waals surface area contributed by atoms with Crippen molar-refractivity contribution >= 4 is 23.2 Å². The molecule has 6 rings (SSSR count). The van der Waals surface area contributed by atoms with Crippen molar-refractivity contribution in [2.75, 3.05) is 11.9 Å². The second-order valence-electron chi connectivity index (χ2n) is 8.62. The van der Waals surface area contributed by atoms with E-state index in [1.807, 2.05) is 6.20 Å². The van der Waals surface area contributed by atoms with Crippen LogP contribution in [0.4, 0.5) is 10.2 Å². The van der Waals surface area contributed by atoms with Gasteiger partial charge < -0.3 is 10.1 Å². The predicted octanol–water partition coefficient (Wildman–Crippen LogP) is 4.52. The van der Waals surface area contributed by atoms with Crippen LogP contribution in [-0.4, -0.2) is 27.9 Å². The van der Waals surface area contributed by atoms with Crippen molar-refractivity contribution in [3.8, 4) is 5.75 Å². The van der Waals surface area contributed by atoms with Gasteiger partial charge in [-0.2, -0.15) is 0 Å².